The molecule has 0 aromatic rings. The summed E-state index contributed by atoms with van der Waals surface area (Å²) in [6.07, 6.45) is 6.25. The molecule has 0 spiro atoms. The predicted molar refractivity (Wildman–Crippen MR) is 78.2 cm³/mol. The Hall–Kier alpha value is -0.500. The normalized spacial score (nSPS) is 14.4. The molecule has 17 heavy (non-hydrogen) atoms. The first kappa shape index (κ1) is 16.5. The van der Waals surface area contributed by atoms with E-state index in [9.17, 15) is 0 Å². The van der Waals surface area contributed by atoms with Crippen molar-refractivity contribution in [3.8, 4) is 0 Å². The summed E-state index contributed by atoms with van der Waals surface area (Å²) in [6, 6.07) is 0. The molecule has 0 aromatic heterocycles. The molecule has 2 heteroatoms. The fourth-order valence-corrected chi connectivity index (χ4v) is 2.21. The van der Waals surface area contributed by atoms with Crippen LogP contribution in [0.15, 0.2) is 12.3 Å². The Labute approximate surface area is 108 Å². The Morgan fingerprint density at radius 2 is 1.94 bits per heavy atom. The first-order valence-corrected chi connectivity index (χ1v) is 7.21. The highest BCUT2D eigenvalue weighted by Crippen LogP contribution is 2.22. The molecule has 0 amide bonds. The number of allylic oxidation sites excluding steroid dienone is 1. The van der Waals surface area contributed by atoms with Gasteiger partial charge < -0.3 is 10.6 Å². The fourth-order valence-electron chi connectivity index (χ4n) is 2.21. The molecule has 0 aliphatic carbocycles. The molecule has 2 atom stereocenters. The second-order valence-electron chi connectivity index (χ2n) is 5.14. The summed E-state index contributed by atoms with van der Waals surface area (Å²) in [4.78, 5) is 0. The minimum Gasteiger partial charge on any atom is -0.392 e. The molecule has 0 fully saturated rings. The van der Waals surface area contributed by atoms with Gasteiger partial charge in [0.25, 0.3) is 0 Å². The van der Waals surface area contributed by atoms with Crippen LogP contribution in [0.1, 0.15) is 52.9 Å². The zero-order valence-electron chi connectivity index (χ0n) is 12.3. The van der Waals surface area contributed by atoms with E-state index in [1.54, 1.807) is 0 Å². The molecule has 0 rings (SSSR count). The summed E-state index contributed by atoms with van der Waals surface area (Å²) < 4.78 is 0. The zero-order chi connectivity index (χ0) is 13.1. The minimum absolute atomic E-state index is 0.712. The predicted octanol–water partition coefficient (Wildman–Crippen LogP) is 3.55. The van der Waals surface area contributed by atoms with Crippen molar-refractivity contribution < 1.29 is 0 Å². The lowest BCUT2D eigenvalue weighted by molar-refractivity contribution is 0.312. The van der Waals surface area contributed by atoms with Gasteiger partial charge in [0.1, 0.15) is 0 Å². The van der Waals surface area contributed by atoms with Crippen LogP contribution in [0.5, 0.6) is 0 Å². The van der Waals surface area contributed by atoms with Crippen LogP contribution in [0.25, 0.3) is 0 Å². The summed E-state index contributed by atoms with van der Waals surface area (Å²) in [6.45, 7) is 13.2. The van der Waals surface area contributed by atoms with Crippen molar-refractivity contribution in [3.63, 3.8) is 0 Å². The van der Waals surface area contributed by atoms with Crippen LogP contribution in [0, 0.1) is 11.8 Å². The van der Waals surface area contributed by atoms with Crippen LogP contribution in [0.2, 0.25) is 0 Å². The smallest absolute Gasteiger partial charge is 0.00338 e. The standard InChI is InChI=1S/C15H32N2/c1-6-8-10-17-12-15(9-7-2)13(3)11-14(4)16-5/h13,15-17H,4,6-12H2,1-3,5H3/t13?,15-/m1/s1. The molecule has 0 saturated carbocycles. The third-order valence-corrected chi connectivity index (χ3v) is 3.50. The summed E-state index contributed by atoms with van der Waals surface area (Å²) in [7, 11) is 1.96. The van der Waals surface area contributed by atoms with E-state index < -0.39 is 0 Å². The second-order valence-corrected chi connectivity index (χ2v) is 5.14. The lowest BCUT2D eigenvalue weighted by Gasteiger charge is -2.25. The maximum Gasteiger partial charge on any atom is 0.00338 e. The molecule has 2 nitrogen and oxygen atoms in total. The van der Waals surface area contributed by atoms with Crippen molar-refractivity contribution in [3.05, 3.63) is 12.3 Å². The molecule has 0 radical (unpaired) electrons. The Morgan fingerprint density at radius 3 is 2.47 bits per heavy atom. The topological polar surface area (TPSA) is 24.1 Å². The van der Waals surface area contributed by atoms with Crippen molar-refractivity contribution in [1.82, 2.24) is 10.6 Å². The summed E-state index contributed by atoms with van der Waals surface area (Å²) in [5.74, 6) is 1.49. The van der Waals surface area contributed by atoms with Gasteiger partial charge in [-0.3, -0.25) is 0 Å². The molecule has 0 aromatic carbocycles. The first-order valence-electron chi connectivity index (χ1n) is 7.21. The molecular weight excluding hydrogens is 208 g/mol. The molecular formula is C15H32N2. The monoisotopic (exact) mass is 240 g/mol. The molecule has 0 saturated heterocycles. The van der Waals surface area contributed by atoms with Crippen LogP contribution < -0.4 is 10.6 Å². The maximum absolute atomic E-state index is 4.03. The zero-order valence-corrected chi connectivity index (χ0v) is 12.3. The number of hydrogen-bond acceptors (Lipinski definition) is 2. The summed E-state index contributed by atoms with van der Waals surface area (Å²) >= 11 is 0. The van der Waals surface area contributed by atoms with Gasteiger partial charge in [0, 0.05) is 12.7 Å². The van der Waals surface area contributed by atoms with Crippen molar-refractivity contribution in [2.45, 2.75) is 52.9 Å². The number of rotatable bonds is 11. The lowest BCUT2D eigenvalue weighted by Crippen LogP contribution is -2.28. The first-order chi connectivity index (χ1) is 8.15. The van der Waals surface area contributed by atoms with Crippen LogP contribution in [0.4, 0.5) is 0 Å². The third-order valence-electron chi connectivity index (χ3n) is 3.50. The molecule has 0 heterocycles. The molecule has 1 unspecified atom stereocenters. The van der Waals surface area contributed by atoms with Crippen LogP contribution >= 0.6 is 0 Å². The molecule has 0 aliphatic rings. The molecule has 2 N–H and O–H groups in total. The van der Waals surface area contributed by atoms with Gasteiger partial charge in [-0.1, -0.05) is 40.2 Å². The van der Waals surface area contributed by atoms with E-state index in [1.807, 2.05) is 7.05 Å². The van der Waals surface area contributed by atoms with Gasteiger partial charge in [-0.05, 0) is 44.2 Å². The molecule has 0 bridgehead atoms. The van der Waals surface area contributed by atoms with E-state index in [0.29, 0.717) is 5.92 Å². The Balaban J connectivity index is 3.97. The van der Waals surface area contributed by atoms with Gasteiger partial charge in [-0.15, -0.1) is 0 Å². The van der Waals surface area contributed by atoms with E-state index in [1.165, 1.54) is 25.7 Å². The highest BCUT2D eigenvalue weighted by Gasteiger charge is 2.16. The average molecular weight is 240 g/mol. The highest BCUT2D eigenvalue weighted by atomic mass is 14.9. The van der Waals surface area contributed by atoms with Gasteiger partial charge in [-0.2, -0.15) is 0 Å². The van der Waals surface area contributed by atoms with E-state index in [0.717, 1.165) is 31.1 Å². The quantitative estimate of drug-likeness (QED) is 0.540. The number of nitrogens with one attached hydrogen (secondary N) is 2. The third kappa shape index (κ3) is 8.25. The van der Waals surface area contributed by atoms with Gasteiger partial charge in [0.05, 0.1) is 0 Å². The highest BCUT2D eigenvalue weighted by molar-refractivity contribution is 4.92. The van der Waals surface area contributed by atoms with Gasteiger partial charge >= 0.3 is 0 Å². The Bertz CT molecular complexity index is 189. The van der Waals surface area contributed by atoms with Crippen molar-refractivity contribution in [1.29, 1.82) is 0 Å². The van der Waals surface area contributed by atoms with E-state index >= 15 is 0 Å². The second kappa shape index (κ2) is 10.6. The van der Waals surface area contributed by atoms with Crippen LogP contribution in [-0.2, 0) is 0 Å². The van der Waals surface area contributed by atoms with Gasteiger partial charge in [0.15, 0.2) is 0 Å². The summed E-state index contributed by atoms with van der Waals surface area (Å²) in [5.41, 5.74) is 1.16. The Morgan fingerprint density at radius 1 is 1.24 bits per heavy atom. The molecule has 0 aliphatic heterocycles. The van der Waals surface area contributed by atoms with E-state index in [4.69, 9.17) is 0 Å². The van der Waals surface area contributed by atoms with E-state index in [-0.39, 0.29) is 0 Å². The minimum atomic E-state index is 0.712. The SMILES string of the molecule is C=C(CC(C)[C@H](CCC)CNCCCC)NC. The van der Waals surface area contributed by atoms with Gasteiger partial charge in [-0.25, -0.2) is 0 Å². The average Bonchev–Trinajstić information content (AvgIpc) is 2.32. The number of hydrogen-bond donors (Lipinski definition) is 2. The summed E-state index contributed by atoms with van der Waals surface area (Å²) in [5, 5.41) is 6.75. The molecule has 102 valence electrons. The van der Waals surface area contributed by atoms with Gasteiger partial charge in [0.2, 0.25) is 0 Å². The van der Waals surface area contributed by atoms with Crippen LogP contribution in [0.3, 0.4) is 0 Å². The Kier molecular flexibility index (Phi) is 10.3. The van der Waals surface area contributed by atoms with Crippen molar-refractivity contribution >= 4 is 0 Å². The van der Waals surface area contributed by atoms with Crippen LogP contribution in [-0.4, -0.2) is 20.1 Å². The lowest BCUT2D eigenvalue weighted by atomic mass is 9.86. The maximum atomic E-state index is 4.03. The fraction of sp³-hybridized carbons (Fsp3) is 0.867. The largest absolute Gasteiger partial charge is 0.392 e. The van der Waals surface area contributed by atoms with Crippen molar-refractivity contribution in [2.24, 2.45) is 11.8 Å². The number of unbranched alkanes of at least 4 members (excludes halogenated alkanes) is 1. The van der Waals surface area contributed by atoms with Crippen molar-refractivity contribution in [2.75, 3.05) is 20.1 Å². The van der Waals surface area contributed by atoms with E-state index in [2.05, 4.69) is 38.0 Å².